The first-order chi connectivity index (χ1) is 13.0. The van der Waals surface area contributed by atoms with Gasteiger partial charge in [-0.2, -0.15) is 0 Å². The fraction of sp³-hybridized carbons (Fsp3) is 0.714. The zero-order chi connectivity index (χ0) is 20.7. The minimum atomic E-state index is -2.22. The number of halogens is 2. The summed E-state index contributed by atoms with van der Waals surface area (Å²) >= 11 is 0. The molecule has 0 spiro atoms. The van der Waals surface area contributed by atoms with Crippen LogP contribution >= 0.6 is 0 Å². The Hall–Kier alpha value is -1.44. The second kappa shape index (κ2) is 5.80. The number of aliphatic hydroxyl groups is 3. The van der Waals surface area contributed by atoms with Crippen molar-refractivity contribution in [3.63, 3.8) is 0 Å². The van der Waals surface area contributed by atoms with Gasteiger partial charge in [-0.05, 0) is 43.8 Å². The average molecular weight is 396 g/mol. The first-order valence-electron chi connectivity index (χ1n) is 9.79. The van der Waals surface area contributed by atoms with Crippen LogP contribution < -0.4 is 0 Å². The van der Waals surface area contributed by atoms with Crippen LogP contribution in [0.15, 0.2) is 23.6 Å². The van der Waals surface area contributed by atoms with Crippen LogP contribution in [0.1, 0.15) is 46.0 Å². The van der Waals surface area contributed by atoms with E-state index >= 15 is 8.78 Å². The molecule has 0 heterocycles. The molecule has 7 atom stereocenters. The van der Waals surface area contributed by atoms with Crippen molar-refractivity contribution in [2.75, 3.05) is 6.61 Å². The number of hydrogen-bond acceptors (Lipinski definition) is 5. The Morgan fingerprint density at radius 1 is 1.32 bits per heavy atom. The maximum absolute atomic E-state index is 16.7. The maximum atomic E-state index is 16.7. The zero-order valence-electron chi connectivity index (χ0n) is 16.0. The fourth-order valence-electron chi connectivity index (χ4n) is 6.77. The first kappa shape index (κ1) is 19.9. The number of alkyl halides is 1. The molecule has 2 saturated carbocycles. The van der Waals surface area contributed by atoms with E-state index in [1.807, 2.05) is 0 Å². The van der Waals surface area contributed by atoms with Gasteiger partial charge in [-0.25, -0.2) is 8.78 Å². The lowest BCUT2D eigenvalue weighted by molar-refractivity contribution is -0.214. The van der Waals surface area contributed by atoms with E-state index in [1.165, 1.54) is 19.1 Å². The summed E-state index contributed by atoms with van der Waals surface area (Å²) in [5.74, 6) is -3.09. The van der Waals surface area contributed by atoms with E-state index in [-0.39, 0.29) is 37.0 Å². The molecule has 2 fully saturated rings. The van der Waals surface area contributed by atoms with Gasteiger partial charge in [-0.3, -0.25) is 9.59 Å². The molecular formula is C21H26F2O5. The van der Waals surface area contributed by atoms with E-state index in [9.17, 15) is 24.9 Å². The minimum absolute atomic E-state index is 0.0378. The van der Waals surface area contributed by atoms with Crippen LogP contribution in [-0.2, 0) is 9.59 Å². The lowest BCUT2D eigenvalue weighted by Crippen LogP contribution is -2.69. The van der Waals surface area contributed by atoms with Crippen molar-refractivity contribution >= 4 is 11.6 Å². The molecule has 154 valence electrons. The monoisotopic (exact) mass is 396 g/mol. The summed E-state index contributed by atoms with van der Waals surface area (Å²) in [6.07, 6.45) is 0.730. The number of carbonyl (C=O) groups is 2. The Morgan fingerprint density at radius 2 is 2.00 bits per heavy atom. The van der Waals surface area contributed by atoms with E-state index in [0.717, 1.165) is 0 Å². The van der Waals surface area contributed by atoms with Gasteiger partial charge < -0.3 is 15.3 Å². The summed E-state index contributed by atoms with van der Waals surface area (Å²) in [6, 6.07) is 0. The highest BCUT2D eigenvalue weighted by Gasteiger charge is 2.74. The van der Waals surface area contributed by atoms with Crippen LogP contribution in [0.5, 0.6) is 0 Å². The van der Waals surface area contributed by atoms with Crippen molar-refractivity contribution in [2.45, 2.75) is 63.3 Å². The van der Waals surface area contributed by atoms with Crippen molar-refractivity contribution in [1.82, 2.24) is 0 Å². The first-order valence-corrected chi connectivity index (χ1v) is 9.79. The topological polar surface area (TPSA) is 94.8 Å². The molecule has 0 saturated heterocycles. The van der Waals surface area contributed by atoms with Crippen molar-refractivity contribution in [2.24, 2.45) is 22.7 Å². The molecule has 0 aromatic heterocycles. The van der Waals surface area contributed by atoms with Gasteiger partial charge in [0.2, 0.25) is 0 Å². The molecule has 7 heteroatoms. The van der Waals surface area contributed by atoms with E-state index in [4.69, 9.17) is 0 Å². The van der Waals surface area contributed by atoms with Gasteiger partial charge in [0.15, 0.2) is 17.2 Å². The predicted molar refractivity (Wildman–Crippen MR) is 95.4 cm³/mol. The number of aliphatic hydroxyl groups excluding tert-OH is 2. The highest BCUT2D eigenvalue weighted by Crippen LogP contribution is 2.70. The molecule has 2 unspecified atom stereocenters. The Balaban J connectivity index is 1.86. The molecule has 0 aliphatic heterocycles. The quantitative estimate of drug-likeness (QED) is 0.663. The Labute approximate surface area is 162 Å². The Morgan fingerprint density at radius 3 is 2.64 bits per heavy atom. The average Bonchev–Trinajstić information content (AvgIpc) is 2.91. The largest absolute Gasteiger partial charge is 0.390 e. The molecule has 4 rings (SSSR count). The summed E-state index contributed by atoms with van der Waals surface area (Å²) < 4.78 is 31.8. The lowest BCUT2D eigenvalue weighted by atomic mass is 9.45. The van der Waals surface area contributed by atoms with E-state index in [0.29, 0.717) is 6.42 Å². The van der Waals surface area contributed by atoms with E-state index < -0.39 is 58.3 Å². The summed E-state index contributed by atoms with van der Waals surface area (Å²) in [6.45, 7) is 2.30. The minimum Gasteiger partial charge on any atom is -0.390 e. The van der Waals surface area contributed by atoms with Crippen molar-refractivity contribution in [3.8, 4) is 0 Å². The second-order valence-corrected chi connectivity index (χ2v) is 9.37. The molecule has 4 aliphatic rings. The van der Waals surface area contributed by atoms with Gasteiger partial charge in [0, 0.05) is 29.6 Å². The summed E-state index contributed by atoms with van der Waals surface area (Å²) in [5.41, 5.74) is -6.65. The van der Waals surface area contributed by atoms with Gasteiger partial charge >= 0.3 is 0 Å². The standard InChI is InChI=1S/C21H26F2O5/c1-18-5-3-11(25)7-14(18)15(22)8-13-12-4-6-20(28,17(27)10-24)19(12,2)9-16(26)21(13,18)23/h3,5,12-13,16,24,26,28H,4,6-10H2,1-2H3/t12?,13?,16-,18-,19-,20-,21-/m0/s1. The van der Waals surface area contributed by atoms with Crippen LogP contribution in [0.2, 0.25) is 0 Å². The fourth-order valence-corrected chi connectivity index (χ4v) is 6.77. The van der Waals surface area contributed by atoms with Crippen molar-refractivity contribution in [3.05, 3.63) is 23.6 Å². The van der Waals surface area contributed by atoms with Gasteiger partial charge in [0.1, 0.15) is 18.0 Å². The van der Waals surface area contributed by atoms with Crippen LogP contribution in [0.3, 0.4) is 0 Å². The molecule has 0 radical (unpaired) electrons. The number of rotatable bonds is 2. The second-order valence-electron chi connectivity index (χ2n) is 9.37. The van der Waals surface area contributed by atoms with E-state index in [2.05, 4.69) is 0 Å². The molecule has 28 heavy (non-hydrogen) atoms. The highest BCUT2D eigenvalue weighted by molar-refractivity contribution is 5.94. The van der Waals surface area contributed by atoms with Gasteiger partial charge in [-0.15, -0.1) is 0 Å². The summed E-state index contributed by atoms with van der Waals surface area (Å²) in [4.78, 5) is 24.1. The Kier molecular flexibility index (Phi) is 4.11. The number of carbonyl (C=O) groups excluding carboxylic acids is 2. The highest BCUT2D eigenvalue weighted by atomic mass is 19.1. The number of fused-ring (bicyclic) bond motifs is 5. The molecule has 3 N–H and O–H groups in total. The van der Waals surface area contributed by atoms with E-state index in [1.54, 1.807) is 6.92 Å². The van der Waals surface area contributed by atoms with Crippen LogP contribution in [0, 0.1) is 22.7 Å². The van der Waals surface area contributed by atoms with Gasteiger partial charge in [0.05, 0.1) is 6.10 Å². The van der Waals surface area contributed by atoms with Gasteiger partial charge in [-0.1, -0.05) is 13.0 Å². The van der Waals surface area contributed by atoms with Crippen LogP contribution in [0.4, 0.5) is 8.78 Å². The third kappa shape index (κ3) is 2.05. The normalized spacial score (nSPS) is 50.2. The maximum Gasteiger partial charge on any atom is 0.190 e. The van der Waals surface area contributed by atoms with Crippen LogP contribution in [0.25, 0.3) is 0 Å². The SMILES string of the molecule is C[C@]12C=CC(=O)CC1=C(F)CC1C3CC[C@](O)(C(=O)CO)[C@@]3(C)C[C@H](O)[C@@]12F. The predicted octanol–water partition coefficient (Wildman–Crippen LogP) is 1.95. The molecule has 0 amide bonds. The molecule has 5 nitrogen and oxygen atoms in total. The number of allylic oxidation sites excluding steroid dienone is 4. The zero-order valence-corrected chi connectivity index (χ0v) is 16.0. The van der Waals surface area contributed by atoms with Crippen molar-refractivity contribution < 1.29 is 33.7 Å². The van der Waals surface area contributed by atoms with Crippen LogP contribution in [-0.4, -0.2) is 50.9 Å². The molecular weight excluding hydrogens is 370 g/mol. The molecule has 4 aliphatic carbocycles. The smallest absolute Gasteiger partial charge is 0.190 e. The number of ketones is 2. The van der Waals surface area contributed by atoms with Gasteiger partial charge in [0.25, 0.3) is 0 Å². The van der Waals surface area contributed by atoms with Crippen molar-refractivity contribution in [1.29, 1.82) is 0 Å². The number of Topliss-reactive ketones (excluding diaryl/α,β-unsaturated/α-hetero) is 1. The lowest BCUT2D eigenvalue weighted by Gasteiger charge is -2.62. The summed E-state index contributed by atoms with van der Waals surface area (Å²) in [5, 5.41) is 31.4. The third-order valence-corrected chi connectivity index (χ3v) is 8.42. The molecule has 0 bridgehead atoms. The number of hydrogen-bond donors (Lipinski definition) is 3. The summed E-state index contributed by atoms with van der Waals surface area (Å²) in [7, 11) is 0. The Bertz CT molecular complexity index is 822. The molecule has 0 aromatic rings. The third-order valence-electron chi connectivity index (χ3n) is 8.42. The molecule has 0 aromatic carbocycles.